The van der Waals surface area contributed by atoms with Crippen molar-refractivity contribution in [3.63, 3.8) is 0 Å². The molecule has 1 heterocycles. The van der Waals surface area contributed by atoms with E-state index in [4.69, 9.17) is 5.73 Å². The highest BCUT2D eigenvalue weighted by Crippen LogP contribution is 2.31. The van der Waals surface area contributed by atoms with Gasteiger partial charge in [-0.25, -0.2) is 0 Å². The fourth-order valence-electron chi connectivity index (χ4n) is 4.14. The van der Waals surface area contributed by atoms with Crippen molar-refractivity contribution in [1.82, 2.24) is 5.32 Å². The predicted molar refractivity (Wildman–Crippen MR) is 114 cm³/mol. The number of nitrogen functional groups attached to an aromatic ring is 1. The Bertz CT molecular complexity index is 897. The van der Waals surface area contributed by atoms with E-state index in [1.807, 2.05) is 24.3 Å². The van der Waals surface area contributed by atoms with Gasteiger partial charge < -0.3 is 16.4 Å². The van der Waals surface area contributed by atoms with E-state index in [9.17, 15) is 9.59 Å². The number of amides is 2. The highest BCUT2D eigenvalue weighted by molar-refractivity contribution is 5.99. The van der Waals surface area contributed by atoms with Crippen molar-refractivity contribution in [2.45, 2.75) is 51.0 Å². The minimum atomic E-state index is 0. The summed E-state index contributed by atoms with van der Waals surface area (Å²) in [6.07, 6.45) is 5.69. The molecule has 5 nitrogen and oxygen atoms in total. The zero-order valence-electron chi connectivity index (χ0n) is 15.8. The quantitative estimate of drug-likeness (QED) is 0.670. The number of nitrogens with one attached hydrogen (secondary N) is 2. The second-order valence-electron chi connectivity index (χ2n) is 7.54. The summed E-state index contributed by atoms with van der Waals surface area (Å²) in [6, 6.07) is 12.2. The fraction of sp³-hybridized carbons (Fsp3) is 0.364. The van der Waals surface area contributed by atoms with E-state index < -0.39 is 0 Å². The highest BCUT2D eigenvalue weighted by atomic mass is 35.5. The maximum atomic E-state index is 12.4. The Morgan fingerprint density at radius 1 is 1.18 bits per heavy atom. The fourth-order valence-corrected chi connectivity index (χ4v) is 4.14. The molecule has 1 unspecified atom stereocenters. The monoisotopic (exact) mass is 399 g/mol. The van der Waals surface area contributed by atoms with E-state index in [0.717, 1.165) is 49.0 Å². The molecule has 0 radical (unpaired) electrons. The second-order valence-corrected chi connectivity index (χ2v) is 7.54. The lowest BCUT2D eigenvalue weighted by Crippen LogP contribution is -2.30. The normalized spacial score (nSPS) is 17.1. The van der Waals surface area contributed by atoms with Crippen LogP contribution in [0.5, 0.6) is 0 Å². The largest absolute Gasteiger partial charge is 0.399 e. The molecule has 1 atom stereocenters. The molecule has 28 heavy (non-hydrogen) atoms. The molecule has 1 aliphatic heterocycles. The first-order valence-electron chi connectivity index (χ1n) is 9.68. The molecule has 1 aliphatic carbocycles. The van der Waals surface area contributed by atoms with Crippen LogP contribution in [0.3, 0.4) is 0 Å². The summed E-state index contributed by atoms with van der Waals surface area (Å²) in [5.41, 5.74) is 12.3. The summed E-state index contributed by atoms with van der Waals surface area (Å²) in [5, 5.41) is 6.04. The van der Waals surface area contributed by atoms with Crippen LogP contribution in [-0.4, -0.2) is 11.8 Å². The molecule has 0 saturated heterocycles. The predicted octanol–water partition coefficient (Wildman–Crippen LogP) is 3.70. The molecule has 0 spiro atoms. The number of aryl methyl sites for hydroxylation is 2. The van der Waals surface area contributed by atoms with Crippen molar-refractivity contribution in [2.24, 2.45) is 0 Å². The molecule has 4 rings (SSSR count). The number of hydrogen-bond donors (Lipinski definition) is 3. The SMILES string of the molecule is Cl.Nc1ccc2c(c1)CCCC2NC(=O)CCCc1ccc2c(c1)CC(=O)N2. The van der Waals surface area contributed by atoms with Crippen molar-refractivity contribution in [3.05, 3.63) is 58.7 Å². The van der Waals surface area contributed by atoms with Crippen LogP contribution in [0.2, 0.25) is 0 Å². The van der Waals surface area contributed by atoms with E-state index in [1.165, 1.54) is 16.7 Å². The smallest absolute Gasteiger partial charge is 0.228 e. The first-order valence-corrected chi connectivity index (χ1v) is 9.68. The van der Waals surface area contributed by atoms with Gasteiger partial charge in [-0.2, -0.15) is 0 Å². The molecular formula is C22H26ClN3O2. The van der Waals surface area contributed by atoms with Crippen LogP contribution in [0.25, 0.3) is 0 Å². The lowest BCUT2D eigenvalue weighted by Gasteiger charge is -2.26. The number of carbonyl (C=O) groups is 2. The van der Waals surface area contributed by atoms with Crippen molar-refractivity contribution >= 4 is 35.6 Å². The van der Waals surface area contributed by atoms with Crippen LogP contribution < -0.4 is 16.4 Å². The topological polar surface area (TPSA) is 84.2 Å². The number of hydrogen-bond acceptors (Lipinski definition) is 3. The first-order chi connectivity index (χ1) is 13.1. The Morgan fingerprint density at radius 2 is 2.04 bits per heavy atom. The summed E-state index contributed by atoms with van der Waals surface area (Å²) in [4.78, 5) is 23.9. The third kappa shape index (κ3) is 4.47. The van der Waals surface area contributed by atoms with Gasteiger partial charge in [0.05, 0.1) is 12.5 Å². The van der Waals surface area contributed by atoms with Gasteiger partial charge in [-0.05, 0) is 72.6 Å². The van der Waals surface area contributed by atoms with Gasteiger partial charge in [0, 0.05) is 17.8 Å². The molecule has 2 aliphatic rings. The van der Waals surface area contributed by atoms with Gasteiger partial charge in [-0.1, -0.05) is 18.2 Å². The molecule has 2 aromatic carbocycles. The van der Waals surface area contributed by atoms with Gasteiger partial charge in [-0.15, -0.1) is 12.4 Å². The molecule has 0 bridgehead atoms. The van der Waals surface area contributed by atoms with Crippen molar-refractivity contribution in [2.75, 3.05) is 11.1 Å². The second kappa shape index (κ2) is 8.65. The third-order valence-corrected chi connectivity index (χ3v) is 5.48. The van der Waals surface area contributed by atoms with Gasteiger partial charge in [-0.3, -0.25) is 9.59 Å². The first kappa shape index (κ1) is 20.2. The average molecular weight is 400 g/mol. The number of rotatable bonds is 5. The zero-order chi connectivity index (χ0) is 18.8. The number of fused-ring (bicyclic) bond motifs is 2. The van der Waals surface area contributed by atoms with Gasteiger partial charge in [0.2, 0.25) is 11.8 Å². The molecule has 4 N–H and O–H groups in total. The number of anilines is 2. The molecular weight excluding hydrogens is 374 g/mol. The molecule has 0 aromatic heterocycles. The van der Waals surface area contributed by atoms with Crippen LogP contribution in [-0.2, 0) is 28.9 Å². The van der Waals surface area contributed by atoms with Crippen LogP contribution in [0.4, 0.5) is 11.4 Å². The lowest BCUT2D eigenvalue weighted by atomic mass is 9.87. The maximum absolute atomic E-state index is 12.4. The highest BCUT2D eigenvalue weighted by Gasteiger charge is 2.22. The molecule has 6 heteroatoms. The van der Waals surface area contributed by atoms with Crippen LogP contribution in [0.15, 0.2) is 36.4 Å². The van der Waals surface area contributed by atoms with Gasteiger partial charge >= 0.3 is 0 Å². The molecule has 0 saturated carbocycles. The number of benzene rings is 2. The van der Waals surface area contributed by atoms with E-state index in [2.05, 4.69) is 22.8 Å². The van der Waals surface area contributed by atoms with E-state index in [-0.39, 0.29) is 30.3 Å². The van der Waals surface area contributed by atoms with Crippen LogP contribution in [0.1, 0.15) is 54.0 Å². The Labute approximate surface area is 171 Å². The van der Waals surface area contributed by atoms with E-state index in [1.54, 1.807) is 0 Å². The summed E-state index contributed by atoms with van der Waals surface area (Å²) >= 11 is 0. The summed E-state index contributed by atoms with van der Waals surface area (Å²) in [6.45, 7) is 0. The molecule has 148 valence electrons. The Morgan fingerprint density at radius 3 is 2.89 bits per heavy atom. The van der Waals surface area contributed by atoms with Gasteiger partial charge in [0.25, 0.3) is 0 Å². The summed E-state index contributed by atoms with van der Waals surface area (Å²) in [5.74, 6) is 0.152. The minimum absolute atomic E-state index is 0. The van der Waals surface area contributed by atoms with Crippen molar-refractivity contribution in [3.8, 4) is 0 Å². The summed E-state index contributed by atoms with van der Waals surface area (Å²) < 4.78 is 0. The van der Waals surface area contributed by atoms with Gasteiger partial charge in [0.1, 0.15) is 0 Å². The lowest BCUT2D eigenvalue weighted by molar-refractivity contribution is -0.122. The van der Waals surface area contributed by atoms with E-state index in [0.29, 0.717) is 12.8 Å². The Hall–Kier alpha value is -2.53. The molecule has 2 amide bonds. The Kier molecular flexibility index (Phi) is 6.25. The minimum Gasteiger partial charge on any atom is -0.399 e. The third-order valence-electron chi connectivity index (χ3n) is 5.48. The average Bonchev–Trinajstić information content (AvgIpc) is 3.01. The summed E-state index contributed by atoms with van der Waals surface area (Å²) in [7, 11) is 0. The van der Waals surface area contributed by atoms with Crippen LogP contribution >= 0.6 is 12.4 Å². The van der Waals surface area contributed by atoms with Crippen LogP contribution in [0, 0.1) is 0 Å². The standard InChI is InChI=1S/C22H25N3O2.ClH/c23-17-8-9-18-15(12-17)4-2-5-20(18)25-21(26)6-1-3-14-7-10-19-16(11-14)13-22(27)24-19;/h7-12,20H,1-6,13,23H2,(H,24,27)(H,25,26);1H. The van der Waals surface area contributed by atoms with Crippen molar-refractivity contribution in [1.29, 1.82) is 0 Å². The zero-order valence-corrected chi connectivity index (χ0v) is 16.6. The van der Waals surface area contributed by atoms with Crippen molar-refractivity contribution < 1.29 is 9.59 Å². The number of nitrogens with two attached hydrogens (primary N) is 1. The van der Waals surface area contributed by atoms with E-state index >= 15 is 0 Å². The molecule has 2 aromatic rings. The Balaban J connectivity index is 0.00000225. The maximum Gasteiger partial charge on any atom is 0.228 e. The molecule has 0 fully saturated rings. The number of halogens is 1. The number of carbonyl (C=O) groups excluding carboxylic acids is 2. The van der Waals surface area contributed by atoms with Gasteiger partial charge in [0.15, 0.2) is 0 Å².